The van der Waals surface area contributed by atoms with Gasteiger partial charge in [0.15, 0.2) is 0 Å². The first-order valence-corrected chi connectivity index (χ1v) is 8.67. The van der Waals surface area contributed by atoms with Gasteiger partial charge in [0, 0.05) is 25.4 Å². The van der Waals surface area contributed by atoms with Crippen LogP contribution in [0.2, 0.25) is 0 Å². The lowest BCUT2D eigenvalue weighted by molar-refractivity contribution is -0.122. The molecule has 124 valence electrons. The standard InChI is InChI=1S/C15H26N4O2S/c1-19(2)7-8-21-14-10-12(4-6-17-14)11-18-15(20)13(16)5-9-22-3/h4,6,10,13H,5,7-9,11,16H2,1-3H3,(H,18,20). The number of rotatable bonds is 10. The highest BCUT2D eigenvalue weighted by Gasteiger charge is 2.12. The Morgan fingerprint density at radius 2 is 2.32 bits per heavy atom. The molecule has 6 nitrogen and oxygen atoms in total. The van der Waals surface area contributed by atoms with Crippen LogP contribution in [0.4, 0.5) is 0 Å². The summed E-state index contributed by atoms with van der Waals surface area (Å²) in [4.78, 5) is 18.1. The third-order valence-electron chi connectivity index (χ3n) is 3.02. The summed E-state index contributed by atoms with van der Waals surface area (Å²) in [5, 5.41) is 2.84. The second-order valence-corrected chi connectivity index (χ2v) is 6.25. The highest BCUT2D eigenvalue weighted by Crippen LogP contribution is 2.09. The number of pyridine rings is 1. The number of amides is 1. The Bertz CT molecular complexity index is 457. The second kappa shape index (κ2) is 10.4. The number of ether oxygens (including phenoxy) is 1. The molecule has 22 heavy (non-hydrogen) atoms. The fourth-order valence-corrected chi connectivity index (χ4v) is 2.16. The fraction of sp³-hybridized carbons (Fsp3) is 0.600. The maximum atomic E-state index is 11.9. The van der Waals surface area contributed by atoms with Crippen LogP contribution in [0.5, 0.6) is 5.88 Å². The number of aromatic nitrogens is 1. The molecular weight excluding hydrogens is 300 g/mol. The monoisotopic (exact) mass is 326 g/mol. The summed E-state index contributed by atoms with van der Waals surface area (Å²) in [6, 6.07) is 3.24. The molecule has 1 aromatic rings. The van der Waals surface area contributed by atoms with E-state index in [0.29, 0.717) is 25.5 Å². The third kappa shape index (κ3) is 7.63. The Kier molecular flexibility index (Phi) is 8.88. The number of carbonyl (C=O) groups is 1. The van der Waals surface area contributed by atoms with Crippen molar-refractivity contribution >= 4 is 17.7 Å². The van der Waals surface area contributed by atoms with E-state index in [4.69, 9.17) is 10.5 Å². The number of likely N-dealkylation sites (N-methyl/N-ethyl adjacent to an activating group) is 1. The minimum absolute atomic E-state index is 0.124. The Morgan fingerprint density at radius 3 is 3.00 bits per heavy atom. The van der Waals surface area contributed by atoms with Crippen LogP contribution in [0.3, 0.4) is 0 Å². The number of nitrogens with one attached hydrogen (secondary N) is 1. The minimum Gasteiger partial charge on any atom is -0.476 e. The van der Waals surface area contributed by atoms with Crippen LogP contribution >= 0.6 is 11.8 Å². The van der Waals surface area contributed by atoms with Gasteiger partial charge in [-0.05, 0) is 44.2 Å². The molecule has 1 unspecified atom stereocenters. The van der Waals surface area contributed by atoms with Crippen molar-refractivity contribution in [3.63, 3.8) is 0 Å². The average Bonchev–Trinajstić information content (AvgIpc) is 2.50. The predicted molar refractivity (Wildman–Crippen MR) is 91.1 cm³/mol. The Morgan fingerprint density at radius 1 is 1.55 bits per heavy atom. The summed E-state index contributed by atoms with van der Waals surface area (Å²) in [7, 11) is 3.98. The molecule has 0 saturated carbocycles. The van der Waals surface area contributed by atoms with Gasteiger partial charge in [0.05, 0.1) is 6.04 Å². The molecule has 1 atom stereocenters. The second-order valence-electron chi connectivity index (χ2n) is 5.26. The van der Waals surface area contributed by atoms with Crippen molar-refractivity contribution in [3.8, 4) is 5.88 Å². The van der Waals surface area contributed by atoms with Crippen molar-refractivity contribution in [2.45, 2.75) is 19.0 Å². The molecule has 0 aromatic carbocycles. The summed E-state index contributed by atoms with van der Waals surface area (Å²) in [5.41, 5.74) is 6.77. The molecule has 0 aliphatic carbocycles. The summed E-state index contributed by atoms with van der Waals surface area (Å²) >= 11 is 1.69. The lowest BCUT2D eigenvalue weighted by atomic mass is 10.2. The lowest BCUT2D eigenvalue weighted by Crippen LogP contribution is -2.40. The first kappa shape index (κ1) is 18.7. The minimum atomic E-state index is -0.454. The maximum absolute atomic E-state index is 11.9. The van der Waals surface area contributed by atoms with E-state index in [1.807, 2.05) is 37.4 Å². The fourth-order valence-electron chi connectivity index (χ4n) is 1.67. The van der Waals surface area contributed by atoms with Crippen molar-refractivity contribution in [3.05, 3.63) is 23.9 Å². The number of thioether (sulfide) groups is 1. The van der Waals surface area contributed by atoms with Gasteiger partial charge < -0.3 is 20.7 Å². The molecule has 0 radical (unpaired) electrons. The van der Waals surface area contributed by atoms with Crippen LogP contribution in [-0.4, -0.2) is 61.1 Å². The quantitative estimate of drug-likeness (QED) is 0.659. The molecule has 0 aliphatic rings. The number of hydrogen-bond donors (Lipinski definition) is 2. The van der Waals surface area contributed by atoms with Crippen LogP contribution in [0, 0.1) is 0 Å². The molecule has 1 heterocycles. The van der Waals surface area contributed by atoms with Crippen LogP contribution in [0.25, 0.3) is 0 Å². The van der Waals surface area contributed by atoms with Gasteiger partial charge in [-0.25, -0.2) is 4.98 Å². The van der Waals surface area contributed by atoms with Crippen LogP contribution in [-0.2, 0) is 11.3 Å². The van der Waals surface area contributed by atoms with Crippen molar-refractivity contribution in [1.29, 1.82) is 0 Å². The van der Waals surface area contributed by atoms with Gasteiger partial charge in [-0.3, -0.25) is 4.79 Å². The molecule has 3 N–H and O–H groups in total. The van der Waals surface area contributed by atoms with Gasteiger partial charge in [-0.2, -0.15) is 11.8 Å². The number of nitrogens with zero attached hydrogens (tertiary/aromatic N) is 2. The van der Waals surface area contributed by atoms with Gasteiger partial charge in [0.25, 0.3) is 0 Å². The molecule has 1 aromatic heterocycles. The van der Waals surface area contributed by atoms with Gasteiger partial charge >= 0.3 is 0 Å². The van der Waals surface area contributed by atoms with Crippen molar-refractivity contribution in [1.82, 2.24) is 15.2 Å². The Hall–Kier alpha value is -1.31. The van der Waals surface area contributed by atoms with E-state index in [1.165, 1.54) is 0 Å². The van der Waals surface area contributed by atoms with Crippen molar-refractivity contribution in [2.24, 2.45) is 5.73 Å². The number of hydrogen-bond acceptors (Lipinski definition) is 6. The molecular formula is C15H26N4O2S. The van der Waals surface area contributed by atoms with E-state index in [2.05, 4.69) is 10.3 Å². The van der Waals surface area contributed by atoms with Gasteiger partial charge in [-0.1, -0.05) is 0 Å². The number of carbonyl (C=O) groups excluding carboxylic acids is 1. The van der Waals surface area contributed by atoms with Crippen molar-refractivity contribution in [2.75, 3.05) is 39.3 Å². The summed E-state index contributed by atoms with van der Waals surface area (Å²) in [5.74, 6) is 1.33. The Labute approximate surface area is 136 Å². The van der Waals surface area contributed by atoms with Gasteiger partial charge in [0.2, 0.25) is 11.8 Å². The van der Waals surface area contributed by atoms with E-state index in [-0.39, 0.29) is 5.91 Å². The van der Waals surface area contributed by atoms with E-state index in [0.717, 1.165) is 17.9 Å². The zero-order valence-corrected chi connectivity index (χ0v) is 14.4. The SMILES string of the molecule is CSCCC(N)C(=O)NCc1ccnc(OCCN(C)C)c1. The van der Waals surface area contributed by atoms with Crippen LogP contribution in [0.1, 0.15) is 12.0 Å². The topological polar surface area (TPSA) is 80.5 Å². The van der Waals surface area contributed by atoms with Gasteiger partial charge in [0.1, 0.15) is 6.61 Å². The molecule has 0 aliphatic heterocycles. The molecule has 0 fully saturated rings. The smallest absolute Gasteiger partial charge is 0.237 e. The van der Waals surface area contributed by atoms with Crippen LogP contribution in [0.15, 0.2) is 18.3 Å². The molecule has 0 spiro atoms. The number of nitrogens with two attached hydrogens (primary N) is 1. The molecule has 1 amide bonds. The predicted octanol–water partition coefficient (Wildman–Crippen LogP) is 0.719. The first-order chi connectivity index (χ1) is 10.5. The maximum Gasteiger partial charge on any atom is 0.237 e. The van der Waals surface area contributed by atoms with E-state index in [9.17, 15) is 4.79 Å². The largest absolute Gasteiger partial charge is 0.476 e. The van der Waals surface area contributed by atoms with Gasteiger partial charge in [-0.15, -0.1) is 0 Å². The van der Waals surface area contributed by atoms with Crippen LogP contribution < -0.4 is 15.8 Å². The van der Waals surface area contributed by atoms with E-state index in [1.54, 1.807) is 18.0 Å². The first-order valence-electron chi connectivity index (χ1n) is 7.27. The van der Waals surface area contributed by atoms with E-state index < -0.39 is 6.04 Å². The zero-order valence-electron chi connectivity index (χ0n) is 13.5. The third-order valence-corrected chi connectivity index (χ3v) is 3.67. The Balaban J connectivity index is 2.40. The lowest BCUT2D eigenvalue weighted by Gasteiger charge is -2.13. The highest BCUT2D eigenvalue weighted by atomic mass is 32.2. The molecule has 0 saturated heterocycles. The summed E-state index contributed by atoms with van der Waals surface area (Å²) in [6.45, 7) is 1.83. The summed E-state index contributed by atoms with van der Waals surface area (Å²) in [6.07, 6.45) is 4.36. The molecule has 0 bridgehead atoms. The normalized spacial score (nSPS) is 12.2. The molecule has 1 rings (SSSR count). The van der Waals surface area contributed by atoms with E-state index >= 15 is 0 Å². The van der Waals surface area contributed by atoms with Crippen molar-refractivity contribution < 1.29 is 9.53 Å². The zero-order chi connectivity index (χ0) is 16.4. The molecule has 7 heteroatoms. The highest BCUT2D eigenvalue weighted by molar-refractivity contribution is 7.98. The summed E-state index contributed by atoms with van der Waals surface area (Å²) < 4.78 is 5.57. The average molecular weight is 326 g/mol.